The van der Waals surface area contributed by atoms with Gasteiger partial charge in [0.1, 0.15) is 5.75 Å². The molecule has 0 bridgehead atoms. The standard InChI is InChI=1S/C16H26N2O3/c1-3-18(4-2)16(20)13-21-15-8-6-14(7-9-15)12-17-10-5-11-19/h6-9,17,19H,3-5,10-13H2,1-2H3. The molecule has 21 heavy (non-hydrogen) atoms. The molecule has 5 nitrogen and oxygen atoms in total. The summed E-state index contributed by atoms with van der Waals surface area (Å²) in [5, 5.41) is 11.9. The molecule has 0 saturated heterocycles. The summed E-state index contributed by atoms with van der Waals surface area (Å²) >= 11 is 0. The van der Waals surface area contributed by atoms with Gasteiger partial charge in [0, 0.05) is 26.2 Å². The molecular weight excluding hydrogens is 268 g/mol. The zero-order chi connectivity index (χ0) is 15.5. The number of benzene rings is 1. The van der Waals surface area contributed by atoms with Crippen molar-refractivity contribution in [1.82, 2.24) is 10.2 Å². The summed E-state index contributed by atoms with van der Waals surface area (Å²) in [7, 11) is 0. The molecule has 0 fully saturated rings. The maximum Gasteiger partial charge on any atom is 0.260 e. The van der Waals surface area contributed by atoms with Crippen LogP contribution in [0, 0.1) is 0 Å². The van der Waals surface area contributed by atoms with Crippen LogP contribution in [-0.4, -0.2) is 48.8 Å². The van der Waals surface area contributed by atoms with Crippen molar-refractivity contribution >= 4 is 5.91 Å². The van der Waals surface area contributed by atoms with Gasteiger partial charge in [0.2, 0.25) is 0 Å². The van der Waals surface area contributed by atoms with Gasteiger partial charge in [0.25, 0.3) is 5.91 Å². The number of hydrogen-bond donors (Lipinski definition) is 2. The summed E-state index contributed by atoms with van der Waals surface area (Å²) in [5.41, 5.74) is 1.15. The number of hydrogen-bond acceptors (Lipinski definition) is 4. The highest BCUT2D eigenvalue weighted by Crippen LogP contribution is 2.12. The van der Waals surface area contributed by atoms with Crippen LogP contribution < -0.4 is 10.1 Å². The van der Waals surface area contributed by atoms with Crippen molar-refractivity contribution in [2.45, 2.75) is 26.8 Å². The highest BCUT2D eigenvalue weighted by atomic mass is 16.5. The van der Waals surface area contributed by atoms with Crippen LogP contribution in [0.2, 0.25) is 0 Å². The molecule has 1 rings (SSSR count). The van der Waals surface area contributed by atoms with E-state index in [0.717, 1.165) is 25.1 Å². The largest absolute Gasteiger partial charge is 0.484 e. The van der Waals surface area contributed by atoms with Crippen molar-refractivity contribution in [3.05, 3.63) is 29.8 Å². The molecule has 0 aliphatic carbocycles. The summed E-state index contributed by atoms with van der Waals surface area (Å²) in [6.07, 6.45) is 0.759. The van der Waals surface area contributed by atoms with E-state index in [4.69, 9.17) is 9.84 Å². The lowest BCUT2D eigenvalue weighted by Gasteiger charge is -2.18. The SMILES string of the molecule is CCN(CC)C(=O)COc1ccc(CNCCCO)cc1. The predicted octanol–water partition coefficient (Wildman–Crippen LogP) is 1.41. The monoisotopic (exact) mass is 294 g/mol. The molecular formula is C16H26N2O3. The van der Waals surface area contributed by atoms with Crippen molar-refractivity contribution in [1.29, 1.82) is 0 Å². The average Bonchev–Trinajstić information content (AvgIpc) is 2.52. The molecule has 0 atom stereocenters. The van der Waals surface area contributed by atoms with E-state index in [0.29, 0.717) is 18.8 Å². The lowest BCUT2D eigenvalue weighted by Crippen LogP contribution is -2.34. The molecule has 0 aliphatic heterocycles. The molecule has 0 radical (unpaired) electrons. The molecule has 118 valence electrons. The van der Waals surface area contributed by atoms with Crippen LogP contribution in [0.4, 0.5) is 0 Å². The van der Waals surface area contributed by atoms with Crippen LogP contribution in [-0.2, 0) is 11.3 Å². The molecule has 0 spiro atoms. The second kappa shape index (κ2) is 10.2. The number of carbonyl (C=O) groups excluding carboxylic acids is 1. The van der Waals surface area contributed by atoms with E-state index in [2.05, 4.69) is 5.32 Å². The number of carbonyl (C=O) groups is 1. The first-order chi connectivity index (χ1) is 10.2. The number of ether oxygens (including phenoxy) is 1. The fourth-order valence-electron chi connectivity index (χ4n) is 1.95. The molecule has 5 heteroatoms. The van der Waals surface area contributed by atoms with E-state index in [-0.39, 0.29) is 19.1 Å². The van der Waals surface area contributed by atoms with Gasteiger partial charge in [-0.15, -0.1) is 0 Å². The van der Waals surface area contributed by atoms with E-state index in [1.54, 1.807) is 4.90 Å². The maximum absolute atomic E-state index is 11.8. The number of likely N-dealkylation sites (N-methyl/N-ethyl adjacent to an activating group) is 1. The quantitative estimate of drug-likeness (QED) is 0.641. The summed E-state index contributed by atoms with van der Waals surface area (Å²) in [6.45, 7) is 7.18. The van der Waals surface area contributed by atoms with E-state index in [1.807, 2.05) is 38.1 Å². The van der Waals surface area contributed by atoms with Crippen LogP contribution in [0.1, 0.15) is 25.8 Å². The van der Waals surface area contributed by atoms with Crippen molar-refractivity contribution in [3.8, 4) is 5.75 Å². The van der Waals surface area contributed by atoms with Gasteiger partial charge in [0.15, 0.2) is 6.61 Å². The van der Waals surface area contributed by atoms with Crippen molar-refractivity contribution < 1.29 is 14.6 Å². The number of aliphatic hydroxyl groups excluding tert-OH is 1. The Balaban J connectivity index is 2.35. The first-order valence-corrected chi connectivity index (χ1v) is 7.52. The average molecular weight is 294 g/mol. The van der Waals surface area contributed by atoms with E-state index in [9.17, 15) is 4.79 Å². The number of nitrogens with zero attached hydrogens (tertiary/aromatic N) is 1. The van der Waals surface area contributed by atoms with Gasteiger partial charge in [-0.1, -0.05) is 12.1 Å². The Labute approximate surface area is 126 Å². The zero-order valence-electron chi connectivity index (χ0n) is 13.0. The van der Waals surface area contributed by atoms with Crippen LogP contribution in [0.3, 0.4) is 0 Å². The van der Waals surface area contributed by atoms with E-state index in [1.165, 1.54) is 0 Å². The first kappa shape index (κ1) is 17.5. The zero-order valence-corrected chi connectivity index (χ0v) is 13.0. The highest BCUT2D eigenvalue weighted by Gasteiger charge is 2.09. The third-order valence-corrected chi connectivity index (χ3v) is 3.24. The molecule has 0 aromatic heterocycles. The fourth-order valence-corrected chi connectivity index (χ4v) is 1.95. The molecule has 1 amide bonds. The van der Waals surface area contributed by atoms with Gasteiger partial charge < -0.3 is 20.1 Å². The molecule has 0 aliphatic rings. The predicted molar refractivity (Wildman–Crippen MR) is 83.3 cm³/mol. The highest BCUT2D eigenvalue weighted by molar-refractivity contribution is 5.77. The van der Waals surface area contributed by atoms with Crippen LogP contribution in [0.5, 0.6) is 5.75 Å². The molecule has 0 saturated carbocycles. The van der Waals surface area contributed by atoms with E-state index >= 15 is 0 Å². The van der Waals surface area contributed by atoms with Gasteiger partial charge >= 0.3 is 0 Å². The fraction of sp³-hybridized carbons (Fsp3) is 0.562. The van der Waals surface area contributed by atoms with Crippen molar-refractivity contribution in [2.24, 2.45) is 0 Å². The third kappa shape index (κ3) is 6.60. The van der Waals surface area contributed by atoms with Gasteiger partial charge in [0.05, 0.1) is 0 Å². The van der Waals surface area contributed by atoms with Crippen LogP contribution in [0.15, 0.2) is 24.3 Å². The van der Waals surface area contributed by atoms with Gasteiger partial charge in [-0.2, -0.15) is 0 Å². The minimum Gasteiger partial charge on any atom is -0.484 e. The minimum atomic E-state index is 0.00902. The van der Waals surface area contributed by atoms with Crippen molar-refractivity contribution in [3.63, 3.8) is 0 Å². The normalized spacial score (nSPS) is 10.4. The minimum absolute atomic E-state index is 0.00902. The smallest absolute Gasteiger partial charge is 0.260 e. The molecule has 1 aromatic carbocycles. The van der Waals surface area contributed by atoms with E-state index < -0.39 is 0 Å². The Morgan fingerprint density at radius 3 is 2.48 bits per heavy atom. The Hall–Kier alpha value is -1.59. The number of amides is 1. The third-order valence-electron chi connectivity index (χ3n) is 3.24. The van der Waals surface area contributed by atoms with Gasteiger partial charge in [-0.05, 0) is 44.5 Å². The molecule has 0 heterocycles. The Bertz CT molecular complexity index is 402. The lowest BCUT2D eigenvalue weighted by molar-refractivity contribution is -0.132. The summed E-state index contributed by atoms with van der Waals surface area (Å²) in [5.74, 6) is 0.712. The summed E-state index contributed by atoms with van der Waals surface area (Å²) in [4.78, 5) is 13.6. The lowest BCUT2D eigenvalue weighted by atomic mass is 10.2. The van der Waals surface area contributed by atoms with Crippen LogP contribution >= 0.6 is 0 Å². The summed E-state index contributed by atoms with van der Waals surface area (Å²) < 4.78 is 5.51. The Morgan fingerprint density at radius 2 is 1.90 bits per heavy atom. The van der Waals surface area contributed by atoms with Gasteiger partial charge in [-0.3, -0.25) is 4.79 Å². The number of rotatable bonds is 10. The maximum atomic E-state index is 11.8. The second-order valence-electron chi connectivity index (χ2n) is 4.75. The Kier molecular flexibility index (Phi) is 8.47. The van der Waals surface area contributed by atoms with Gasteiger partial charge in [-0.25, -0.2) is 0 Å². The topological polar surface area (TPSA) is 61.8 Å². The molecule has 2 N–H and O–H groups in total. The van der Waals surface area contributed by atoms with Crippen LogP contribution in [0.25, 0.3) is 0 Å². The van der Waals surface area contributed by atoms with Crippen molar-refractivity contribution in [2.75, 3.05) is 32.8 Å². The number of nitrogens with one attached hydrogen (secondary N) is 1. The molecule has 1 aromatic rings. The number of aliphatic hydroxyl groups is 1. The molecule has 0 unspecified atom stereocenters. The second-order valence-corrected chi connectivity index (χ2v) is 4.75. The Morgan fingerprint density at radius 1 is 1.24 bits per heavy atom. The first-order valence-electron chi connectivity index (χ1n) is 7.52. The summed E-state index contributed by atoms with van der Waals surface area (Å²) in [6, 6.07) is 7.70.